The quantitative estimate of drug-likeness (QED) is 0.608. The third-order valence-electron chi connectivity index (χ3n) is 4.94. The number of imidazole rings is 1. The Morgan fingerprint density at radius 3 is 2.75 bits per heavy atom. The van der Waals surface area contributed by atoms with Crippen LogP contribution in [0.2, 0.25) is 0 Å². The zero-order valence-electron chi connectivity index (χ0n) is 14.7. The fraction of sp³-hybridized carbons (Fsp3) is 0.368. The zero-order valence-corrected chi connectivity index (χ0v) is 14.7. The van der Waals surface area contributed by atoms with Gasteiger partial charge in [0.15, 0.2) is 0 Å². The van der Waals surface area contributed by atoms with Gasteiger partial charge in [-0.05, 0) is 37.1 Å². The molecule has 1 aliphatic rings. The van der Waals surface area contributed by atoms with Crippen molar-refractivity contribution in [2.75, 3.05) is 5.32 Å². The first-order chi connectivity index (χ1) is 13.5. The molecular weight excluding hydrogens is 376 g/mol. The predicted octanol–water partition coefficient (Wildman–Crippen LogP) is 4.84. The van der Waals surface area contributed by atoms with Crippen molar-refractivity contribution in [2.24, 2.45) is 5.92 Å². The number of nitrogens with one attached hydrogen (secondary N) is 1. The first-order valence-corrected chi connectivity index (χ1v) is 8.95. The number of pyridine rings is 2. The number of halogens is 4. The molecule has 1 fully saturated rings. The van der Waals surface area contributed by atoms with Crippen molar-refractivity contribution in [1.29, 1.82) is 0 Å². The van der Waals surface area contributed by atoms with E-state index in [1.54, 1.807) is 34.9 Å². The lowest BCUT2D eigenvalue weighted by atomic mass is 10.0. The number of fused-ring (bicyclic) bond motifs is 1. The molecule has 0 radical (unpaired) electrons. The number of ether oxygens (including phenoxy) is 1. The molecule has 5 nitrogen and oxygen atoms in total. The number of alkyl halides is 4. The lowest BCUT2D eigenvalue weighted by Crippen LogP contribution is -2.29. The smallest absolute Gasteiger partial charge is 0.387 e. The third kappa shape index (κ3) is 3.74. The number of aromatic nitrogens is 3. The fourth-order valence-electron chi connectivity index (χ4n) is 3.64. The molecule has 0 amide bonds. The summed E-state index contributed by atoms with van der Waals surface area (Å²) in [7, 11) is 0. The van der Waals surface area contributed by atoms with E-state index in [1.165, 1.54) is 12.3 Å². The standard InChI is InChI=1S/C19H18F4N4O/c20-18(21)12-3-1-4-13(12)25-16-6-2-5-14(26-16)15-9-24-17-8-7-11(10-27(15)17)28-19(22)23/h2,5-10,12-13,18-19H,1,3-4H2,(H,25,26)/t12-,13-/m0/s1. The van der Waals surface area contributed by atoms with E-state index in [9.17, 15) is 17.6 Å². The number of nitrogens with zero attached hydrogens (tertiary/aromatic N) is 3. The Balaban J connectivity index is 1.62. The minimum atomic E-state index is -2.93. The Hall–Kier alpha value is -2.84. The van der Waals surface area contributed by atoms with Crippen LogP contribution in [-0.2, 0) is 0 Å². The summed E-state index contributed by atoms with van der Waals surface area (Å²) < 4.78 is 57.3. The van der Waals surface area contributed by atoms with Crippen LogP contribution < -0.4 is 10.1 Å². The highest BCUT2D eigenvalue weighted by Gasteiger charge is 2.34. The molecular formula is C19H18F4N4O. The summed E-state index contributed by atoms with van der Waals surface area (Å²) in [5, 5.41) is 3.12. The van der Waals surface area contributed by atoms with E-state index in [4.69, 9.17) is 0 Å². The van der Waals surface area contributed by atoms with Crippen molar-refractivity contribution in [1.82, 2.24) is 14.4 Å². The van der Waals surface area contributed by atoms with Gasteiger partial charge in [0, 0.05) is 12.0 Å². The molecule has 148 valence electrons. The Bertz CT molecular complexity index is 962. The van der Waals surface area contributed by atoms with Gasteiger partial charge in [-0.2, -0.15) is 8.78 Å². The molecule has 3 heterocycles. The van der Waals surface area contributed by atoms with Crippen LogP contribution in [0, 0.1) is 5.92 Å². The SMILES string of the molecule is FC(F)Oc1ccc2ncc(-c3cccc(N[C@H]4CCC[C@@H]4C(F)F)n3)n2c1. The summed E-state index contributed by atoms with van der Waals surface area (Å²) in [5.41, 5.74) is 1.67. The van der Waals surface area contributed by atoms with E-state index in [2.05, 4.69) is 20.0 Å². The van der Waals surface area contributed by atoms with Crippen LogP contribution in [0.5, 0.6) is 5.75 Å². The van der Waals surface area contributed by atoms with Crippen LogP contribution in [0.3, 0.4) is 0 Å². The fourth-order valence-corrected chi connectivity index (χ4v) is 3.64. The molecule has 2 atom stereocenters. The lowest BCUT2D eigenvalue weighted by Gasteiger charge is -2.21. The van der Waals surface area contributed by atoms with Gasteiger partial charge in [0.05, 0.1) is 23.8 Å². The van der Waals surface area contributed by atoms with Gasteiger partial charge in [0.1, 0.15) is 17.2 Å². The van der Waals surface area contributed by atoms with E-state index in [1.807, 2.05) is 0 Å². The summed E-state index contributed by atoms with van der Waals surface area (Å²) in [5.74, 6) is -0.193. The average molecular weight is 394 g/mol. The van der Waals surface area contributed by atoms with Crippen LogP contribution in [0.15, 0.2) is 42.7 Å². The normalized spacial score (nSPS) is 19.6. The molecule has 0 saturated heterocycles. The van der Waals surface area contributed by atoms with Crippen molar-refractivity contribution in [3.63, 3.8) is 0 Å². The molecule has 0 spiro atoms. The molecule has 4 rings (SSSR count). The summed E-state index contributed by atoms with van der Waals surface area (Å²) in [4.78, 5) is 8.75. The third-order valence-corrected chi connectivity index (χ3v) is 4.94. The number of hydrogen-bond donors (Lipinski definition) is 1. The Kier molecular flexibility index (Phi) is 5.06. The van der Waals surface area contributed by atoms with Crippen LogP contribution in [0.25, 0.3) is 17.0 Å². The van der Waals surface area contributed by atoms with E-state index < -0.39 is 19.0 Å². The molecule has 1 saturated carbocycles. The van der Waals surface area contributed by atoms with Crippen LogP contribution in [0.1, 0.15) is 19.3 Å². The van der Waals surface area contributed by atoms with Crippen molar-refractivity contribution in [2.45, 2.75) is 38.3 Å². The summed E-state index contributed by atoms with van der Waals surface area (Å²) in [6.45, 7) is -2.93. The summed E-state index contributed by atoms with van der Waals surface area (Å²) >= 11 is 0. The topological polar surface area (TPSA) is 51.5 Å². The van der Waals surface area contributed by atoms with Gasteiger partial charge in [-0.25, -0.2) is 18.7 Å². The van der Waals surface area contributed by atoms with Gasteiger partial charge in [0.2, 0.25) is 6.43 Å². The molecule has 3 aromatic heterocycles. The van der Waals surface area contributed by atoms with Crippen molar-refractivity contribution < 1.29 is 22.3 Å². The second-order valence-electron chi connectivity index (χ2n) is 6.70. The summed E-state index contributed by atoms with van der Waals surface area (Å²) in [6.07, 6.45) is 2.54. The minimum absolute atomic E-state index is 0.00163. The zero-order chi connectivity index (χ0) is 19.7. The maximum absolute atomic E-state index is 13.2. The molecule has 1 aliphatic carbocycles. The number of anilines is 1. The molecule has 0 unspecified atom stereocenters. The molecule has 28 heavy (non-hydrogen) atoms. The summed E-state index contributed by atoms with van der Waals surface area (Å²) in [6, 6.07) is 7.88. The number of rotatable bonds is 6. The Morgan fingerprint density at radius 2 is 1.96 bits per heavy atom. The average Bonchev–Trinajstić information content (AvgIpc) is 3.28. The highest BCUT2D eigenvalue weighted by Crippen LogP contribution is 2.33. The van der Waals surface area contributed by atoms with Crippen LogP contribution >= 0.6 is 0 Å². The molecule has 0 aromatic carbocycles. The minimum Gasteiger partial charge on any atom is -0.433 e. The monoisotopic (exact) mass is 394 g/mol. The van der Waals surface area contributed by atoms with Crippen LogP contribution in [0.4, 0.5) is 23.4 Å². The van der Waals surface area contributed by atoms with E-state index in [-0.39, 0.29) is 11.8 Å². The molecule has 0 bridgehead atoms. The van der Waals surface area contributed by atoms with Crippen molar-refractivity contribution in [3.05, 3.63) is 42.7 Å². The van der Waals surface area contributed by atoms with Gasteiger partial charge in [0.25, 0.3) is 0 Å². The maximum atomic E-state index is 13.2. The van der Waals surface area contributed by atoms with E-state index in [0.29, 0.717) is 35.7 Å². The molecule has 0 aliphatic heterocycles. The first-order valence-electron chi connectivity index (χ1n) is 8.95. The maximum Gasteiger partial charge on any atom is 0.387 e. The lowest BCUT2D eigenvalue weighted by molar-refractivity contribution is -0.0501. The Morgan fingerprint density at radius 1 is 1.11 bits per heavy atom. The van der Waals surface area contributed by atoms with E-state index >= 15 is 0 Å². The van der Waals surface area contributed by atoms with E-state index in [0.717, 1.165) is 6.42 Å². The molecule has 1 N–H and O–H groups in total. The van der Waals surface area contributed by atoms with Gasteiger partial charge < -0.3 is 10.1 Å². The highest BCUT2D eigenvalue weighted by molar-refractivity contribution is 5.62. The van der Waals surface area contributed by atoms with Gasteiger partial charge in [-0.3, -0.25) is 4.40 Å². The van der Waals surface area contributed by atoms with Crippen molar-refractivity contribution in [3.8, 4) is 17.1 Å². The Labute approximate surface area is 158 Å². The van der Waals surface area contributed by atoms with Crippen LogP contribution in [-0.4, -0.2) is 33.4 Å². The van der Waals surface area contributed by atoms with Gasteiger partial charge in [-0.15, -0.1) is 0 Å². The second kappa shape index (κ2) is 7.65. The van der Waals surface area contributed by atoms with Gasteiger partial charge in [-0.1, -0.05) is 12.5 Å². The van der Waals surface area contributed by atoms with Crippen molar-refractivity contribution >= 4 is 11.5 Å². The van der Waals surface area contributed by atoms with Gasteiger partial charge >= 0.3 is 6.61 Å². The molecule has 9 heteroatoms. The number of hydrogen-bond acceptors (Lipinski definition) is 4. The second-order valence-corrected chi connectivity index (χ2v) is 6.70. The molecule has 3 aromatic rings. The predicted molar refractivity (Wildman–Crippen MR) is 95.8 cm³/mol. The highest BCUT2D eigenvalue weighted by atomic mass is 19.3. The first kappa shape index (κ1) is 18.5. The largest absolute Gasteiger partial charge is 0.433 e.